The molecule has 6 nitrogen and oxygen atoms in total. The molecule has 1 heterocycles. The van der Waals surface area contributed by atoms with E-state index in [9.17, 15) is 0 Å². The van der Waals surface area contributed by atoms with Crippen LogP contribution in [0, 0.1) is 5.41 Å². The quantitative estimate of drug-likeness (QED) is 0.591. The summed E-state index contributed by atoms with van der Waals surface area (Å²) >= 11 is 0. The van der Waals surface area contributed by atoms with Crippen LogP contribution in [0.2, 0.25) is 0 Å². The maximum absolute atomic E-state index is 7.44. The molecule has 4 N–H and O–H groups in total. The molecule has 0 amide bonds. The first kappa shape index (κ1) is 16.5. The van der Waals surface area contributed by atoms with E-state index in [1.54, 1.807) is 13.2 Å². The van der Waals surface area contributed by atoms with Crippen LogP contribution >= 0.6 is 0 Å². The third kappa shape index (κ3) is 4.81. The van der Waals surface area contributed by atoms with E-state index < -0.39 is 0 Å². The fourth-order valence-corrected chi connectivity index (χ4v) is 2.01. The second kappa shape index (κ2) is 7.93. The minimum Gasteiger partial charge on any atom is -0.392 e. The first-order valence-corrected chi connectivity index (χ1v) is 7.48. The van der Waals surface area contributed by atoms with Gasteiger partial charge in [0.2, 0.25) is 0 Å². The molecule has 1 aromatic heterocycles. The Morgan fingerprint density at radius 2 is 1.83 bits per heavy atom. The highest BCUT2D eigenvalue weighted by molar-refractivity contribution is 5.80. The van der Waals surface area contributed by atoms with E-state index in [0.717, 1.165) is 11.4 Å². The summed E-state index contributed by atoms with van der Waals surface area (Å²) in [5, 5.41) is 16.8. The Morgan fingerprint density at radius 1 is 1.13 bits per heavy atom. The molecule has 0 spiro atoms. The Balaban J connectivity index is 2.41. The number of aromatic nitrogens is 2. The molecule has 0 aliphatic rings. The Morgan fingerprint density at radius 3 is 2.43 bits per heavy atom. The maximum Gasteiger partial charge on any atom is 0.163 e. The highest BCUT2D eigenvalue weighted by Gasteiger charge is 2.08. The highest BCUT2D eigenvalue weighted by Crippen LogP contribution is 2.21. The largest absolute Gasteiger partial charge is 0.392 e. The minimum absolute atomic E-state index is 0.261. The molecule has 23 heavy (non-hydrogen) atoms. The summed E-state index contributed by atoms with van der Waals surface area (Å²) in [6.45, 7) is 4.11. The molecule has 6 heteroatoms. The van der Waals surface area contributed by atoms with Crippen molar-refractivity contribution in [3.05, 3.63) is 48.3 Å². The van der Waals surface area contributed by atoms with Gasteiger partial charge in [0, 0.05) is 37.1 Å². The molecule has 0 unspecified atom stereocenters. The number of hydrogen-bond acceptors (Lipinski definition) is 6. The Labute approximate surface area is 136 Å². The van der Waals surface area contributed by atoms with Gasteiger partial charge in [0.15, 0.2) is 5.82 Å². The van der Waals surface area contributed by atoms with Gasteiger partial charge in [0.25, 0.3) is 0 Å². The zero-order valence-electron chi connectivity index (χ0n) is 13.6. The number of benzene rings is 1. The van der Waals surface area contributed by atoms with E-state index in [0.29, 0.717) is 17.3 Å². The van der Waals surface area contributed by atoms with Crippen LogP contribution in [0.15, 0.2) is 48.3 Å². The SMILES string of the molecule is CN/C=C(\C=N)Nc1cc(NC(C)C)nc(-c2ccccc2)n1. The average molecular weight is 310 g/mol. The summed E-state index contributed by atoms with van der Waals surface area (Å²) in [6, 6.07) is 11.9. The van der Waals surface area contributed by atoms with E-state index in [-0.39, 0.29) is 6.04 Å². The molecule has 2 aromatic rings. The van der Waals surface area contributed by atoms with Crippen LogP contribution < -0.4 is 16.0 Å². The normalized spacial score (nSPS) is 11.2. The van der Waals surface area contributed by atoms with Crippen LogP contribution in [-0.4, -0.2) is 29.3 Å². The van der Waals surface area contributed by atoms with Gasteiger partial charge in [0.1, 0.15) is 11.6 Å². The van der Waals surface area contributed by atoms with Gasteiger partial charge in [-0.1, -0.05) is 30.3 Å². The number of nitrogens with one attached hydrogen (secondary N) is 4. The smallest absolute Gasteiger partial charge is 0.163 e. The molecular weight excluding hydrogens is 288 g/mol. The van der Waals surface area contributed by atoms with Crippen molar-refractivity contribution in [3.8, 4) is 11.4 Å². The molecule has 0 saturated carbocycles. The van der Waals surface area contributed by atoms with Crippen molar-refractivity contribution in [2.75, 3.05) is 17.7 Å². The van der Waals surface area contributed by atoms with Gasteiger partial charge in [-0.3, -0.25) is 0 Å². The van der Waals surface area contributed by atoms with E-state index >= 15 is 0 Å². The molecule has 0 radical (unpaired) electrons. The van der Waals surface area contributed by atoms with E-state index in [1.165, 1.54) is 6.21 Å². The van der Waals surface area contributed by atoms with Gasteiger partial charge in [-0.15, -0.1) is 0 Å². The zero-order chi connectivity index (χ0) is 16.7. The molecule has 0 bridgehead atoms. The van der Waals surface area contributed by atoms with Crippen molar-refractivity contribution in [2.45, 2.75) is 19.9 Å². The third-order valence-electron chi connectivity index (χ3n) is 2.92. The summed E-state index contributed by atoms with van der Waals surface area (Å²) < 4.78 is 0. The van der Waals surface area contributed by atoms with Crippen LogP contribution in [0.5, 0.6) is 0 Å². The molecule has 0 saturated heterocycles. The van der Waals surface area contributed by atoms with E-state index in [2.05, 4.69) is 39.8 Å². The van der Waals surface area contributed by atoms with Crippen LogP contribution in [0.3, 0.4) is 0 Å². The summed E-state index contributed by atoms with van der Waals surface area (Å²) in [7, 11) is 1.78. The van der Waals surface area contributed by atoms with Crippen molar-refractivity contribution in [2.24, 2.45) is 0 Å². The first-order chi connectivity index (χ1) is 11.1. The lowest BCUT2D eigenvalue weighted by atomic mass is 10.2. The number of rotatable bonds is 7. The monoisotopic (exact) mass is 310 g/mol. The van der Waals surface area contributed by atoms with Crippen molar-refractivity contribution >= 4 is 17.9 Å². The molecule has 120 valence electrons. The van der Waals surface area contributed by atoms with Crippen molar-refractivity contribution in [1.29, 1.82) is 5.41 Å². The van der Waals surface area contributed by atoms with Gasteiger partial charge < -0.3 is 21.4 Å². The molecular formula is C17H22N6. The fraction of sp³-hybridized carbons (Fsp3) is 0.235. The predicted molar refractivity (Wildman–Crippen MR) is 95.8 cm³/mol. The summed E-state index contributed by atoms with van der Waals surface area (Å²) in [4.78, 5) is 9.12. The van der Waals surface area contributed by atoms with Crippen molar-refractivity contribution < 1.29 is 0 Å². The summed E-state index contributed by atoms with van der Waals surface area (Å²) in [5.74, 6) is 2.00. The zero-order valence-corrected chi connectivity index (χ0v) is 13.6. The van der Waals surface area contributed by atoms with Gasteiger partial charge in [0.05, 0.1) is 5.70 Å². The number of allylic oxidation sites excluding steroid dienone is 1. The topological polar surface area (TPSA) is 85.7 Å². The lowest BCUT2D eigenvalue weighted by Gasteiger charge is -2.13. The minimum atomic E-state index is 0.261. The molecule has 0 atom stereocenters. The van der Waals surface area contributed by atoms with Gasteiger partial charge in [-0.2, -0.15) is 0 Å². The van der Waals surface area contributed by atoms with Gasteiger partial charge in [-0.05, 0) is 13.8 Å². The molecule has 1 aromatic carbocycles. The van der Waals surface area contributed by atoms with Crippen molar-refractivity contribution in [1.82, 2.24) is 15.3 Å². The average Bonchev–Trinajstić information content (AvgIpc) is 2.54. The van der Waals surface area contributed by atoms with Crippen LogP contribution in [0.1, 0.15) is 13.8 Å². The molecule has 0 aliphatic heterocycles. The van der Waals surface area contributed by atoms with Crippen LogP contribution in [0.4, 0.5) is 11.6 Å². The van der Waals surface area contributed by atoms with Crippen molar-refractivity contribution in [3.63, 3.8) is 0 Å². The third-order valence-corrected chi connectivity index (χ3v) is 2.92. The Bertz CT molecular complexity index is 679. The second-order valence-electron chi connectivity index (χ2n) is 5.28. The number of anilines is 2. The van der Waals surface area contributed by atoms with E-state index in [1.807, 2.05) is 36.4 Å². The number of hydrogen-bond donors (Lipinski definition) is 4. The lowest BCUT2D eigenvalue weighted by molar-refractivity contribution is 0.887. The van der Waals surface area contributed by atoms with Crippen LogP contribution in [0.25, 0.3) is 11.4 Å². The second-order valence-corrected chi connectivity index (χ2v) is 5.28. The highest BCUT2D eigenvalue weighted by atomic mass is 15.1. The maximum atomic E-state index is 7.44. The van der Waals surface area contributed by atoms with Gasteiger partial charge in [-0.25, -0.2) is 9.97 Å². The predicted octanol–water partition coefficient (Wildman–Crippen LogP) is 3.09. The van der Waals surface area contributed by atoms with Gasteiger partial charge >= 0.3 is 0 Å². The standard InChI is InChI=1S/C17H22N6/c1-12(2)20-15-9-16(21-14(10-18)11-19-3)23-17(22-15)13-7-5-4-6-8-13/h4-12,18-19H,1-3H3,(H2,20,21,22,23)/b14-11+,18-10?. The lowest BCUT2D eigenvalue weighted by Crippen LogP contribution is -2.13. The Kier molecular flexibility index (Phi) is 5.68. The summed E-state index contributed by atoms with van der Waals surface area (Å²) in [6.07, 6.45) is 2.93. The molecule has 0 aliphatic carbocycles. The Hall–Kier alpha value is -2.89. The molecule has 2 rings (SSSR count). The molecule has 0 fully saturated rings. The first-order valence-electron chi connectivity index (χ1n) is 7.48. The van der Waals surface area contributed by atoms with Crippen LogP contribution in [-0.2, 0) is 0 Å². The summed E-state index contributed by atoms with van der Waals surface area (Å²) in [5.41, 5.74) is 1.55. The number of nitrogens with zero attached hydrogens (tertiary/aromatic N) is 2. The van der Waals surface area contributed by atoms with E-state index in [4.69, 9.17) is 5.41 Å². The fourth-order valence-electron chi connectivity index (χ4n) is 2.01.